The van der Waals surface area contributed by atoms with Gasteiger partial charge in [-0.05, 0) is 64.2 Å². The zero-order chi connectivity index (χ0) is 16.3. The van der Waals surface area contributed by atoms with E-state index in [9.17, 15) is 15.0 Å². The fourth-order valence-electron chi connectivity index (χ4n) is 3.69. The van der Waals surface area contributed by atoms with Gasteiger partial charge in [0.05, 0.1) is 11.7 Å². The summed E-state index contributed by atoms with van der Waals surface area (Å²) in [5, 5.41) is 20.9. The van der Waals surface area contributed by atoms with Gasteiger partial charge in [0.2, 0.25) is 0 Å². The van der Waals surface area contributed by atoms with Crippen LogP contribution in [0.5, 0.6) is 0 Å². The minimum atomic E-state index is -0.706. The smallest absolute Gasteiger partial charge is 0.130 e. The molecule has 0 amide bonds. The highest BCUT2D eigenvalue weighted by atomic mass is 16.3. The Morgan fingerprint density at radius 2 is 1.86 bits per heavy atom. The van der Waals surface area contributed by atoms with Crippen molar-refractivity contribution in [2.45, 2.75) is 84.8 Å². The van der Waals surface area contributed by atoms with Crippen LogP contribution in [0.1, 0.15) is 73.1 Å². The lowest BCUT2D eigenvalue weighted by Crippen LogP contribution is -2.53. The molecular formula is C18H32O3. The van der Waals surface area contributed by atoms with Crippen molar-refractivity contribution in [2.75, 3.05) is 0 Å². The van der Waals surface area contributed by atoms with Gasteiger partial charge in [0.1, 0.15) is 5.78 Å². The molecule has 3 atom stereocenters. The zero-order valence-corrected chi connectivity index (χ0v) is 14.3. The maximum atomic E-state index is 10.9. The Morgan fingerprint density at radius 3 is 2.43 bits per heavy atom. The lowest BCUT2D eigenvalue weighted by molar-refractivity contribution is -0.145. The van der Waals surface area contributed by atoms with Crippen LogP contribution in [-0.4, -0.2) is 27.7 Å². The summed E-state index contributed by atoms with van der Waals surface area (Å²) in [6.07, 6.45) is 6.30. The van der Waals surface area contributed by atoms with Crippen LogP contribution < -0.4 is 0 Å². The highest BCUT2D eigenvalue weighted by molar-refractivity contribution is 5.75. The molecule has 0 bridgehead atoms. The number of aliphatic hydroxyl groups excluding tert-OH is 1. The summed E-state index contributed by atoms with van der Waals surface area (Å²) >= 11 is 0. The molecule has 3 heteroatoms. The molecule has 0 saturated heterocycles. The van der Waals surface area contributed by atoms with Gasteiger partial charge in [0.25, 0.3) is 0 Å². The highest BCUT2D eigenvalue weighted by Gasteiger charge is 2.49. The molecular weight excluding hydrogens is 264 g/mol. The van der Waals surface area contributed by atoms with E-state index in [1.165, 1.54) is 5.57 Å². The van der Waals surface area contributed by atoms with E-state index in [-0.39, 0.29) is 23.2 Å². The molecule has 21 heavy (non-hydrogen) atoms. The standard InChI is InChI=1S/C18H32O3/c1-13(7-6-8-14(2)19)9-10-15-17(3,4)16(20)11-12-18(15,5)21/h7,15-16,20-21H,6,8-12H2,1-5H3/b13-7+/t15-,16-,18+/m0/s1. The molecule has 0 aromatic heterocycles. The molecule has 2 N–H and O–H groups in total. The lowest BCUT2D eigenvalue weighted by Gasteiger charge is -2.51. The maximum absolute atomic E-state index is 10.9. The largest absolute Gasteiger partial charge is 0.393 e. The fourth-order valence-corrected chi connectivity index (χ4v) is 3.69. The van der Waals surface area contributed by atoms with Crippen molar-refractivity contribution in [1.29, 1.82) is 0 Å². The van der Waals surface area contributed by atoms with Gasteiger partial charge in [-0.1, -0.05) is 25.5 Å². The van der Waals surface area contributed by atoms with Gasteiger partial charge in [-0.15, -0.1) is 0 Å². The van der Waals surface area contributed by atoms with Crippen molar-refractivity contribution in [3.8, 4) is 0 Å². The number of carbonyl (C=O) groups excluding carboxylic acids is 1. The molecule has 122 valence electrons. The van der Waals surface area contributed by atoms with Crippen LogP contribution in [0.4, 0.5) is 0 Å². The van der Waals surface area contributed by atoms with E-state index < -0.39 is 5.60 Å². The van der Waals surface area contributed by atoms with E-state index in [0.29, 0.717) is 19.3 Å². The molecule has 0 heterocycles. The Morgan fingerprint density at radius 1 is 1.24 bits per heavy atom. The van der Waals surface area contributed by atoms with Crippen LogP contribution in [0, 0.1) is 11.3 Å². The summed E-state index contributed by atoms with van der Waals surface area (Å²) in [6.45, 7) is 9.73. The number of aliphatic hydroxyl groups is 2. The fraction of sp³-hybridized carbons (Fsp3) is 0.833. The Labute approximate surface area is 129 Å². The summed E-state index contributed by atoms with van der Waals surface area (Å²) in [4.78, 5) is 10.9. The number of hydrogen-bond donors (Lipinski definition) is 2. The van der Waals surface area contributed by atoms with Gasteiger partial charge in [-0.2, -0.15) is 0 Å². The molecule has 0 spiro atoms. The normalized spacial score (nSPS) is 33.0. The average molecular weight is 296 g/mol. The summed E-state index contributed by atoms with van der Waals surface area (Å²) in [7, 11) is 0. The van der Waals surface area contributed by atoms with Crippen molar-refractivity contribution >= 4 is 5.78 Å². The first kappa shape index (κ1) is 18.4. The third-order valence-electron chi connectivity index (χ3n) is 5.25. The lowest BCUT2D eigenvalue weighted by atomic mass is 9.59. The van der Waals surface area contributed by atoms with Gasteiger partial charge in [-0.25, -0.2) is 0 Å². The van der Waals surface area contributed by atoms with Gasteiger partial charge < -0.3 is 15.0 Å². The zero-order valence-electron chi connectivity index (χ0n) is 14.3. The highest BCUT2D eigenvalue weighted by Crippen LogP contribution is 2.48. The van der Waals surface area contributed by atoms with E-state index in [1.807, 2.05) is 6.92 Å². The third kappa shape index (κ3) is 4.93. The third-order valence-corrected chi connectivity index (χ3v) is 5.25. The van der Waals surface area contributed by atoms with E-state index in [0.717, 1.165) is 19.3 Å². The molecule has 1 rings (SSSR count). The SMILES string of the molecule is CC(=O)CC/C=C(\C)CC[C@H]1C(C)(C)[C@@H](O)CC[C@@]1(C)O. The van der Waals surface area contributed by atoms with E-state index in [4.69, 9.17) is 0 Å². The molecule has 1 saturated carbocycles. The Bertz CT molecular complexity index is 393. The van der Waals surface area contributed by atoms with Crippen molar-refractivity contribution in [3.05, 3.63) is 11.6 Å². The van der Waals surface area contributed by atoms with Gasteiger partial charge >= 0.3 is 0 Å². The number of ketones is 1. The second-order valence-electron chi connectivity index (χ2n) is 7.62. The number of carbonyl (C=O) groups is 1. The van der Waals surface area contributed by atoms with Crippen molar-refractivity contribution in [1.82, 2.24) is 0 Å². The topological polar surface area (TPSA) is 57.5 Å². The monoisotopic (exact) mass is 296 g/mol. The van der Waals surface area contributed by atoms with E-state index in [2.05, 4.69) is 26.8 Å². The Kier molecular flexibility index (Phi) is 6.18. The van der Waals surface area contributed by atoms with Gasteiger partial charge in [-0.3, -0.25) is 0 Å². The summed E-state index contributed by atoms with van der Waals surface area (Å²) in [6, 6.07) is 0. The van der Waals surface area contributed by atoms with Crippen LogP contribution in [0.25, 0.3) is 0 Å². The Balaban J connectivity index is 2.64. The van der Waals surface area contributed by atoms with Crippen LogP contribution in [0.2, 0.25) is 0 Å². The molecule has 0 aromatic carbocycles. The first-order chi connectivity index (χ1) is 9.57. The number of hydrogen-bond acceptors (Lipinski definition) is 3. The van der Waals surface area contributed by atoms with Crippen LogP contribution in [0.3, 0.4) is 0 Å². The van der Waals surface area contributed by atoms with Crippen molar-refractivity contribution in [3.63, 3.8) is 0 Å². The molecule has 3 nitrogen and oxygen atoms in total. The number of Topliss-reactive ketones (excluding diaryl/α,β-unsaturated/α-hetero) is 1. The van der Waals surface area contributed by atoms with E-state index >= 15 is 0 Å². The quantitative estimate of drug-likeness (QED) is 0.736. The maximum Gasteiger partial charge on any atom is 0.130 e. The average Bonchev–Trinajstić information content (AvgIpc) is 2.33. The molecule has 1 aliphatic rings. The molecule has 0 unspecified atom stereocenters. The first-order valence-electron chi connectivity index (χ1n) is 8.13. The summed E-state index contributed by atoms with van der Waals surface area (Å²) < 4.78 is 0. The Hall–Kier alpha value is -0.670. The molecule has 1 aliphatic carbocycles. The van der Waals surface area contributed by atoms with Crippen LogP contribution >= 0.6 is 0 Å². The number of allylic oxidation sites excluding steroid dienone is 2. The predicted molar refractivity (Wildman–Crippen MR) is 86.0 cm³/mol. The number of rotatable bonds is 6. The summed E-state index contributed by atoms with van der Waals surface area (Å²) in [5.74, 6) is 0.309. The van der Waals surface area contributed by atoms with Crippen molar-refractivity contribution < 1.29 is 15.0 Å². The second kappa shape index (κ2) is 7.06. The van der Waals surface area contributed by atoms with Crippen LogP contribution in [0.15, 0.2) is 11.6 Å². The van der Waals surface area contributed by atoms with E-state index in [1.54, 1.807) is 6.92 Å². The molecule has 1 fully saturated rings. The molecule has 0 aliphatic heterocycles. The minimum Gasteiger partial charge on any atom is -0.393 e. The van der Waals surface area contributed by atoms with Crippen LogP contribution in [-0.2, 0) is 4.79 Å². The molecule has 0 aromatic rings. The second-order valence-corrected chi connectivity index (χ2v) is 7.62. The summed E-state index contributed by atoms with van der Waals surface area (Å²) in [5.41, 5.74) is 0.298. The van der Waals surface area contributed by atoms with Crippen molar-refractivity contribution in [2.24, 2.45) is 11.3 Å². The predicted octanol–water partition coefficient (Wildman–Crippen LogP) is 3.63. The first-order valence-corrected chi connectivity index (χ1v) is 8.13. The van der Waals surface area contributed by atoms with Gasteiger partial charge in [0.15, 0.2) is 0 Å². The van der Waals surface area contributed by atoms with Gasteiger partial charge in [0, 0.05) is 6.42 Å². The minimum absolute atomic E-state index is 0.0879. The molecule has 0 radical (unpaired) electrons.